The Kier molecular flexibility index (Phi) is 4.90. The van der Waals surface area contributed by atoms with Gasteiger partial charge < -0.3 is 5.32 Å². The molecule has 0 saturated heterocycles. The van der Waals surface area contributed by atoms with E-state index in [1.54, 1.807) is 6.07 Å². The Bertz CT molecular complexity index is 557. The molecule has 0 radical (unpaired) electrons. The Morgan fingerprint density at radius 2 is 1.89 bits per heavy atom. The SMILES string of the molecule is CNC(c1cccc(I)c1)c1cc(Cl)ccc1Cl. The highest BCUT2D eigenvalue weighted by Crippen LogP contribution is 2.30. The normalized spacial score (nSPS) is 12.4. The smallest absolute Gasteiger partial charge is 0.0589 e. The van der Waals surface area contributed by atoms with Crippen molar-refractivity contribution in [3.8, 4) is 0 Å². The molecule has 18 heavy (non-hydrogen) atoms. The lowest BCUT2D eigenvalue weighted by Crippen LogP contribution is -2.18. The van der Waals surface area contributed by atoms with Crippen LogP contribution in [0.15, 0.2) is 42.5 Å². The summed E-state index contributed by atoms with van der Waals surface area (Å²) in [6, 6.07) is 13.9. The van der Waals surface area contributed by atoms with Crippen LogP contribution in [-0.2, 0) is 0 Å². The third kappa shape index (κ3) is 3.18. The van der Waals surface area contributed by atoms with E-state index in [1.165, 1.54) is 9.13 Å². The molecule has 0 saturated carbocycles. The van der Waals surface area contributed by atoms with Gasteiger partial charge in [0.25, 0.3) is 0 Å². The van der Waals surface area contributed by atoms with Gasteiger partial charge in [0.2, 0.25) is 0 Å². The first-order valence-electron chi connectivity index (χ1n) is 5.49. The second kappa shape index (κ2) is 6.24. The van der Waals surface area contributed by atoms with E-state index in [9.17, 15) is 0 Å². The first kappa shape index (κ1) is 14.1. The molecule has 4 heteroatoms. The van der Waals surface area contributed by atoms with Gasteiger partial charge in [-0.1, -0.05) is 35.3 Å². The molecule has 0 heterocycles. The van der Waals surface area contributed by atoms with Gasteiger partial charge in [-0.15, -0.1) is 0 Å². The predicted octanol–water partition coefficient (Wildman–Crippen LogP) is 4.91. The molecule has 1 unspecified atom stereocenters. The molecule has 2 rings (SSSR count). The van der Waals surface area contributed by atoms with Crippen LogP contribution in [-0.4, -0.2) is 7.05 Å². The minimum atomic E-state index is 0.0471. The van der Waals surface area contributed by atoms with Crippen molar-refractivity contribution in [2.45, 2.75) is 6.04 Å². The molecule has 1 N–H and O–H groups in total. The molecule has 0 spiro atoms. The van der Waals surface area contributed by atoms with Crippen LogP contribution in [0.5, 0.6) is 0 Å². The first-order valence-corrected chi connectivity index (χ1v) is 7.33. The largest absolute Gasteiger partial charge is 0.309 e. The van der Waals surface area contributed by atoms with Gasteiger partial charge in [0.05, 0.1) is 6.04 Å². The molecule has 2 aromatic carbocycles. The number of benzene rings is 2. The van der Waals surface area contributed by atoms with E-state index in [-0.39, 0.29) is 6.04 Å². The van der Waals surface area contributed by atoms with Crippen LogP contribution in [0, 0.1) is 3.57 Å². The minimum Gasteiger partial charge on any atom is -0.309 e. The van der Waals surface area contributed by atoms with Crippen molar-refractivity contribution in [3.05, 3.63) is 67.2 Å². The Balaban J connectivity index is 2.48. The lowest BCUT2D eigenvalue weighted by Gasteiger charge is -2.19. The average Bonchev–Trinajstić information content (AvgIpc) is 2.35. The molecular formula is C14H12Cl2IN. The maximum absolute atomic E-state index is 6.26. The summed E-state index contributed by atoms with van der Waals surface area (Å²) >= 11 is 14.6. The maximum Gasteiger partial charge on any atom is 0.0589 e. The van der Waals surface area contributed by atoms with Crippen LogP contribution in [0.1, 0.15) is 17.2 Å². The highest BCUT2D eigenvalue weighted by molar-refractivity contribution is 14.1. The molecule has 94 valence electrons. The maximum atomic E-state index is 6.26. The topological polar surface area (TPSA) is 12.0 Å². The summed E-state index contributed by atoms with van der Waals surface area (Å²) in [5.41, 5.74) is 2.17. The summed E-state index contributed by atoms with van der Waals surface area (Å²) in [4.78, 5) is 0. The molecule has 1 nitrogen and oxygen atoms in total. The Morgan fingerprint density at radius 3 is 2.56 bits per heavy atom. The van der Waals surface area contributed by atoms with E-state index in [0.717, 1.165) is 10.6 Å². The van der Waals surface area contributed by atoms with Crippen LogP contribution in [0.25, 0.3) is 0 Å². The van der Waals surface area contributed by atoms with Crippen LogP contribution in [0.2, 0.25) is 10.0 Å². The number of halogens is 3. The van der Waals surface area contributed by atoms with Gasteiger partial charge in [0.15, 0.2) is 0 Å². The fourth-order valence-corrected chi connectivity index (χ4v) is 2.90. The van der Waals surface area contributed by atoms with Crippen molar-refractivity contribution in [2.24, 2.45) is 0 Å². The van der Waals surface area contributed by atoms with E-state index >= 15 is 0 Å². The lowest BCUT2D eigenvalue weighted by molar-refractivity contribution is 0.691. The average molecular weight is 392 g/mol. The molecule has 0 fully saturated rings. The number of hydrogen-bond acceptors (Lipinski definition) is 1. The van der Waals surface area contributed by atoms with Gasteiger partial charge in [-0.25, -0.2) is 0 Å². The van der Waals surface area contributed by atoms with Crippen molar-refractivity contribution in [3.63, 3.8) is 0 Å². The molecule has 0 aliphatic rings. The summed E-state index contributed by atoms with van der Waals surface area (Å²) in [6.45, 7) is 0. The van der Waals surface area contributed by atoms with E-state index in [0.29, 0.717) is 5.02 Å². The monoisotopic (exact) mass is 391 g/mol. The highest BCUT2D eigenvalue weighted by Gasteiger charge is 2.15. The molecule has 0 aliphatic carbocycles. The van der Waals surface area contributed by atoms with Crippen LogP contribution in [0.3, 0.4) is 0 Å². The van der Waals surface area contributed by atoms with Gasteiger partial charge in [0, 0.05) is 13.6 Å². The molecule has 0 amide bonds. The van der Waals surface area contributed by atoms with Crippen molar-refractivity contribution < 1.29 is 0 Å². The molecule has 0 bridgehead atoms. The third-order valence-electron chi connectivity index (χ3n) is 2.74. The Hall–Kier alpha value is -0.290. The zero-order chi connectivity index (χ0) is 13.1. The molecule has 2 aromatic rings. The van der Waals surface area contributed by atoms with Gasteiger partial charge in [-0.05, 0) is 71.1 Å². The molecule has 0 aliphatic heterocycles. The van der Waals surface area contributed by atoms with Crippen molar-refractivity contribution in [2.75, 3.05) is 7.05 Å². The van der Waals surface area contributed by atoms with Gasteiger partial charge >= 0.3 is 0 Å². The first-order chi connectivity index (χ1) is 8.61. The van der Waals surface area contributed by atoms with Crippen molar-refractivity contribution in [1.82, 2.24) is 5.32 Å². The van der Waals surface area contributed by atoms with E-state index in [2.05, 4.69) is 46.1 Å². The van der Waals surface area contributed by atoms with Gasteiger partial charge in [0.1, 0.15) is 0 Å². The Labute approximate surface area is 131 Å². The van der Waals surface area contributed by atoms with E-state index in [1.807, 2.05) is 25.2 Å². The Morgan fingerprint density at radius 1 is 1.11 bits per heavy atom. The fraction of sp³-hybridized carbons (Fsp3) is 0.143. The quantitative estimate of drug-likeness (QED) is 0.733. The zero-order valence-electron chi connectivity index (χ0n) is 9.75. The minimum absolute atomic E-state index is 0.0471. The summed E-state index contributed by atoms with van der Waals surface area (Å²) < 4.78 is 1.20. The number of nitrogens with one attached hydrogen (secondary N) is 1. The zero-order valence-corrected chi connectivity index (χ0v) is 13.4. The van der Waals surface area contributed by atoms with Crippen LogP contribution in [0.4, 0.5) is 0 Å². The van der Waals surface area contributed by atoms with Gasteiger partial charge in [-0.3, -0.25) is 0 Å². The number of rotatable bonds is 3. The van der Waals surface area contributed by atoms with E-state index < -0.39 is 0 Å². The van der Waals surface area contributed by atoms with E-state index in [4.69, 9.17) is 23.2 Å². The second-order valence-corrected chi connectivity index (χ2v) is 6.03. The molecule has 1 atom stereocenters. The fourth-order valence-electron chi connectivity index (χ4n) is 1.92. The summed E-state index contributed by atoms with van der Waals surface area (Å²) in [6.07, 6.45) is 0. The summed E-state index contributed by atoms with van der Waals surface area (Å²) in [7, 11) is 1.92. The van der Waals surface area contributed by atoms with Crippen LogP contribution < -0.4 is 5.32 Å². The summed E-state index contributed by atoms with van der Waals surface area (Å²) in [5, 5.41) is 4.70. The third-order valence-corrected chi connectivity index (χ3v) is 3.99. The summed E-state index contributed by atoms with van der Waals surface area (Å²) in [5.74, 6) is 0. The van der Waals surface area contributed by atoms with Crippen molar-refractivity contribution in [1.29, 1.82) is 0 Å². The standard InChI is InChI=1S/C14H12Cl2IN/c1-18-14(9-3-2-4-11(17)7-9)12-8-10(15)5-6-13(12)16/h2-8,14,18H,1H3. The molecular weight excluding hydrogens is 380 g/mol. The van der Waals surface area contributed by atoms with Gasteiger partial charge in [-0.2, -0.15) is 0 Å². The number of hydrogen-bond donors (Lipinski definition) is 1. The molecule has 0 aromatic heterocycles. The highest BCUT2D eigenvalue weighted by atomic mass is 127. The lowest BCUT2D eigenvalue weighted by atomic mass is 9.99. The second-order valence-electron chi connectivity index (χ2n) is 3.94. The van der Waals surface area contributed by atoms with Crippen molar-refractivity contribution >= 4 is 45.8 Å². The van der Waals surface area contributed by atoms with Crippen LogP contribution >= 0.6 is 45.8 Å². The predicted molar refractivity (Wildman–Crippen MR) is 86.5 cm³/mol.